The lowest BCUT2D eigenvalue weighted by Gasteiger charge is -2.41. The van der Waals surface area contributed by atoms with E-state index in [4.69, 9.17) is 4.74 Å². The standard InChI is InChI=1S/C35H36O2/c1-6-24-12-10-11-15-28(24)29-18-16-26(22-30(29)25-13-8-7-9-14-25)33(36)37-27-17-19-31-32(23-27)35(4,5)21-20-34(31,2)3/h7-19,22-23H,6,20-21H2,1-5H3. The van der Waals surface area contributed by atoms with Crippen molar-refractivity contribution in [2.75, 3.05) is 0 Å². The molecule has 0 aliphatic heterocycles. The fraction of sp³-hybridized carbons (Fsp3) is 0.286. The molecular formula is C35H36O2. The number of hydrogen-bond donors (Lipinski definition) is 0. The van der Waals surface area contributed by atoms with Crippen LogP contribution in [0.4, 0.5) is 0 Å². The minimum atomic E-state index is -0.333. The van der Waals surface area contributed by atoms with Gasteiger partial charge in [0.2, 0.25) is 0 Å². The number of rotatable bonds is 5. The average molecular weight is 489 g/mol. The van der Waals surface area contributed by atoms with E-state index in [-0.39, 0.29) is 16.8 Å². The molecule has 0 heterocycles. The summed E-state index contributed by atoms with van der Waals surface area (Å²) in [5.41, 5.74) is 9.09. The van der Waals surface area contributed by atoms with E-state index in [1.54, 1.807) is 0 Å². The van der Waals surface area contributed by atoms with E-state index < -0.39 is 0 Å². The summed E-state index contributed by atoms with van der Waals surface area (Å²) < 4.78 is 5.97. The highest BCUT2D eigenvalue weighted by Gasteiger charge is 2.37. The molecule has 0 amide bonds. The quantitative estimate of drug-likeness (QED) is 0.207. The Morgan fingerprint density at radius 2 is 1.38 bits per heavy atom. The normalized spacial score (nSPS) is 15.6. The van der Waals surface area contributed by atoms with Crippen LogP contribution in [0.5, 0.6) is 5.75 Å². The first-order valence-electron chi connectivity index (χ1n) is 13.3. The molecule has 0 spiro atoms. The summed E-state index contributed by atoms with van der Waals surface area (Å²) in [5.74, 6) is 0.275. The topological polar surface area (TPSA) is 26.3 Å². The van der Waals surface area contributed by atoms with E-state index in [1.807, 2.05) is 36.4 Å². The lowest BCUT2D eigenvalue weighted by Crippen LogP contribution is -2.33. The van der Waals surface area contributed by atoms with Crippen molar-refractivity contribution in [3.05, 3.63) is 113 Å². The maximum atomic E-state index is 13.4. The molecule has 2 heteroatoms. The van der Waals surface area contributed by atoms with E-state index >= 15 is 0 Å². The second kappa shape index (κ2) is 9.67. The summed E-state index contributed by atoms with van der Waals surface area (Å²) in [7, 11) is 0. The van der Waals surface area contributed by atoms with Gasteiger partial charge in [-0.25, -0.2) is 4.79 Å². The molecule has 2 nitrogen and oxygen atoms in total. The molecule has 0 radical (unpaired) electrons. The Morgan fingerprint density at radius 3 is 2.11 bits per heavy atom. The Morgan fingerprint density at radius 1 is 0.703 bits per heavy atom. The molecule has 4 aromatic rings. The lowest BCUT2D eigenvalue weighted by molar-refractivity contribution is 0.0734. The number of fused-ring (bicyclic) bond motifs is 1. The third-order valence-corrected chi connectivity index (χ3v) is 8.06. The van der Waals surface area contributed by atoms with E-state index in [0.29, 0.717) is 11.3 Å². The van der Waals surface area contributed by atoms with Crippen molar-refractivity contribution in [2.45, 2.75) is 64.7 Å². The van der Waals surface area contributed by atoms with Crippen LogP contribution >= 0.6 is 0 Å². The number of aryl methyl sites for hydroxylation is 1. The summed E-state index contributed by atoms with van der Waals surface area (Å²) in [5, 5.41) is 0. The van der Waals surface area contributed by atoms with Crippen molar-refractivity contribution in [1.82, 2.24) is 0 Å². The van der Waals surface area contributed by atoms with Gasteiger partial charge in [-0.3, -0.25) is 0 Å². The largest absolute Gasteiger partial charge is 0.423 e. The summed E-state index contributed by atoms with van der Waals surface area (Å²) in [6.07, 6.45) is 3.22. The van der Waals surface area contributed by atoms with Crippen molar-refractivity contribution in [3.63, 3.8) is 0 Å². The molecule has 0 N–H and O–H groups in total. The number of benzene rings is 4. The summed E-state index contributed by atoms with van der Waals surface area (Å²) in [6, 6.07) is 30.9. The van der Waals surface area contributed by atoms with E-state index in [2.05, 4.69) is 89.2 Å². The van der Waals surface area contributed by atoms with Crippen LogP contribution in [0.25, 0.3) is 22.3 Å². The van der Waals surface area contributed by atoms with Crippen LogP contribution in [0.2, 0.25) is 0 Å². The molecule has 188 valence electrons. The highest BCUT2D eigenvalue weighted by atomic mass is 16.5. The molecule has 0 unspecified atom stereocenters. The molecule has 0 fully saturated rings. The van der Waals surface area contributed by atoms with Crippen LogP contribution in [0.15, 0.2) is 91.0 Å². The van der Waals surface area contributed by atoms with Gasteiger partial charge in [0.25, 0.3) is 0 Å². The Hall–Kier alpha value is -3.65. The smallest absolute Gasteiger partial charge is 0.343 e. The van der Waals surface area contributed by atoms with Crippen molar-refractivity contribution < 1.29 is 9.53 Å². The predicted octanol–water partition coefficient (Wildman–Crippen LogP) is 9.15. The van der Waals surface area contributed by atoms with Gasteiger partial charge >= 0.3 is 5.97 Å². The zero-order valence-electron chi connectivity index (χ0n) is 22.6. The number of carbonyl (C=O) groups is 1. The maximum absolute atomic E-state index is 13.4. The van der Waals surface area contributed by atoms with E-state index in [1.165, 1.54) is 22.3 Å². The Labute approximate surface area is 221 Å². The third-order valence-electron chi connectivity index (χ3n) is 8.06. The monoisotopic (exact) mass is 488 g/mol. The highest BCUT2D eigenvalue weighted by Crippen LogP contribution is 2.46. The molecule has 4 aromatic carbocycles. The zero-order valence-corrected chi connectivity index (χ0v) is 22.6. The molecule has 1 aliphatic carbocycles. The molecule has 0 saturated carbocycles. The molecule has 0 atom stereocenters. The van der Waals surface area contributed by atoms with Gasteiger partial charge in [0.15, 0.2) is 0 Å². The van der Waals surface area contributed by atoms with Crippen LogP contribution in [-0.2, 0) is 17.3 Å². The fourth-order valence-corrected chi connectivity index (χ4v) is 5.65. The molecule has 37 heavy (non-hydrogen) atoms. The number of carbonyl (C=O) groups excluding carboxylic acids is 1. The minimum Gasteiger partial charge on any atom is -0.423 e. The van der Waals surface area contributed by atoms with Crippen molar-refractivity contribution >= 4 is 5.97 Å². The zero-order chi connectivity index (χ0) is 26.2. The Bertz CT molecular complexity index is 1440. The van der Waals surface area contributed by atoms with Crippen molar-refractivity contribution in [2.24, 2.45) is 0 Å². The van der Waals surface area contributed by atoms with E-state index in [0.717, 1.165) is 36.0 Å². The van der Waals surface area contributed by atoms with Gasteiger partial charge in [0.05, 0.1) is 5.56 Å². The first-order chi connectivity index (χ1) is 17.7. The molecule has 5 rings (SSSR count). The van der Waals surface area contributed by atoms with Crippen LogP contribution in [-0.4, -0.2) is 5.97 Å². The summed E-state index contributed by atoms with van der Waals surface area (Å²) in [6.45, 7) is 11.3. The second-order valence-electron chi connectivity index (χ2n) is 11.5. The third kappa shape index (κ3) is 4.85. The highest BCUT2D eigenvalue weighted by molar-refractivity contribution is 5.96. The summed E-state index contributed by atoms with van der Waals surface area (Å²) >= 11 is 0. The van der Waals surface area contributed by atoms with Crippen LogP contribution in [0.1, 0.15) is 74.5 Å². The molecule has 1 aliphatic rings. The SMILES string of the molecule is CCc1ccccc1-c1ccc(C(=O)Oc2ccc3c(c2)C(C)(C)CCC3(C)C)cc1-c1ccccc1. The molecule has 0 aromatic heterocycles. The van der Waals surface area contributed by atoms with Crippen molar-refractivity contribution in [1.29, 1.82) is 0 Å². The van der Waals surface area contributed by atoms with Gasteiger partial charge in [-0.15, -0.1) is 0 Å². The van der Waals surface area contributed by atoms with Gasteiger partial charge in [-0.2, -0.15) is 0 Å². The fourth-order valence-electron chi connectivity index (χ4n) is 5.65. The Balaban J connectivity index is 1.53. The molecule has 0 saturated heterocycles. The maximum Gasteiger partial charge on any atom is 0.343 e. The van der Waals surface area contributed by atoms with Crippen LogP contribution in [0, 0.1) is 0 Å². The van der Waals surface area contributed by atoms with Crippen LogP contribution in [0.3, 0.4) is 0 Å². The van der Waals surface area contributed by atoms with Crippen LogP contribution < -0.4 is 4.74 Å². The summed E-state index contributed by atoms with van der Waals surface area (Å²) in [4.78, 5) is 13.4. The number of esters is 1. The van der Waals surface area contributed by atoms with Crippen molar-refractivity contribution in [3.8, 4) is 28.0 Å². The predicted molar refractivity (Wildman–Crippen MR) is 153 cm³/mol. The van der Waals surface area contributed by atoms with Gasteiger partial charge in [-0.05, 0) is 93.3 Å². The van der Waals surface area contributed by atoms with Gasteiger partial charge in [0.1, 0.15) is 5.75 Å². The minimum absolute atomic E-state index is 0.0576. The molecular weight excluding hydrogens is 452 g/mol. The second-order valence-corrected chi connectivity index (χ2v) is 11.5. The number of hydrogen-bond acceptors (Lipinski definition) is 2. The van der Waals surface area contributed by atoms with Gasteiger partial charge in [-0.1, -0.05) is 101 Å². The first-order valence-corrected chi connectivity index (χ1v) is 13.3. The molecule has 0 bridgehead atoms. The average Bonchev–Trinajstić information content (AvgIpc) is 2.91. The first kappa shape index (κ1) is 25.0. The number of ether oxygens (including phenoxy) is 1. The Kier molecular flexibility index (Phi) is 6.54. The van der Waals surface area contributed by atoms with E-state index in [9.17, 15) is 4.79 Å². The lowest BCUT2D eigenvalue weighted by atomic mass is 9.63. The van der Waals surface area contributed by atoms with Gasteiger partial charge < -0.3 is 4.74 Å². The van der Waals surface area contributed by atoms with Gasteiger partial charge in [0, 0.05) is 0 Å².